The highest BCUT2D eigenvalue weighted by Crippen LogP contribution is 2.33. The van der Waals surface area contributed by atoms with Gasteiger partial charge in [0.2, 0.25) is 0 Å². The number of anilines is 1. The van der Waals surface area contributed by atoms with Crippen LogP contribution in [-0.4, -0.2) is 26.1 Å². The Kier molecular flexibility index (Phi) is 5.44. The van der Waals surface area contributed by atoms with Gasteiger partial charge in [0, 0.05) is 43.1 Å². The van der Waals surface area contributed by atoms with Crippen LogP contribution in [0.25, 0.3) is 0 Å². The third-order valence-electron chi connectivity index (χ3n) is 5.53. The number of hydrogen-bond acceptors (Lipinski definition) is 2. The zero-order chi connectivity index (χ0) is 19.5. The minimum Gasteiger partial charge on any atom is -0.348 e. The van der Waals surface area contributed by atoms with Gasteiger partial charge in [-0.25, -0.2) is 0 Å². The Hall–Kier alpha value is -2.66. The van der Waals surface area contributed by atoms with E-state index in [1.54, 1.807) is 0 Å². The Morgan fingerprint density at radius 1 is 1.07 bits per heavy atom. The number of aryl methyl sites for hydroxylation is 2. The van der Waals surface area contributed by atoms with Gasteiger partial charge in [-0.05, 0) is 59.9 Å². The zero-order valence-corrected chi connectivity index (χ0v) is 17.2. The zero-order valence-electron chi connectivity index (χ0n) is 16.4. The van der Waals surface area contributed by atoms with Gasteiger partial charge in [-0.2, -0.15) is 0 Å². The first kappa shape index (κ1) is 18.7. The van der Waals surface area contributed by atoms with E-state index in [9.17, 15) is 0 Å². The first-order valence-electron chi connectivity index (χ1n) is 9.96. The summed E-state index contributed by atoms with van der Waals surface area (Å²) in [4.78, 5) is 6.65. The fourth-order valence-corrected chi connectivity index (χ4v) is 4.37. The molecule has 3 heterocycles. The SMILES string of the molecule is CCc1cccc(CC)c1NC(=S)N1CCn2cccc2[C@@H]1c1cccnc1. The van der Waals surface area contributed by atoms with E-state index in [2.05, 4.69) is 76.2 Å². The van der Waals surface area contributed by atoms with Crippen molar-refractivity contribution in [3.8, 4) is 0 Å². The molecule has 0 fully saturated rings. The Labute approximate surface area is 172 Å². The molecule has 0 saturated heterocycles. The number of hydrogen-bond donors (Lipinski definition) is 1. The van der Waals surface area contributed by atoms with Crippen LogP contribution >= 0.6 is 12.2 Å². The van der Waals surface area contributed by atoms with Gasteiger partial charge in [-0.15, -0.1) is 0 Å². The maximum Gasteiger partial charge on any atom is 0.174 e. The lowest BCUT2D eigenvalue weighted by molar-refractivity contribution is 0.293. The second-order valence-electron chi connectivity index (χ2n) is 7.10. The number of rotatable bonds is 4. The molecule has 1 aromatic carbocycles. The number of nitrogens with zero attached hydrogens (tertiary/aromatic N) is 3. The highest BCUT2D eigenvalue weighted by atomic mass is 32.1. The van der Waals surface area contributed by atoms with Crippen LogP contribution in [0, 0.1) is 0 Å². The Bertz CT molecular complexity index is 941. The molecule has 4 rings (SSSR count). The summed E-state index contributed by atoms with van der Waals surface area (Å²) in [6.45, 7) is 6.17. The molecule has 5 heteroatoms. The van der Waals surface area contributed by atoms with Crippen LogP contribution in [0.4, 0.5) is 5.69 Å². The monoisotopic (exact) mass is 390 g/mol. The lowest BCUT2D eigenvalue weighted by Crippen LogP contribution is -2.44. The molecule has 144 valence electrons. The van der Waals surface area contributed by atoms with Crippen LogP contribution in [0.2, 0.25) is 0 Å². The molecule has 1 atom stereocenters. The standard InChI is InChI=1S/C23H26N4S/c1-3-17-8-5-9-18(4-2)21(17)25-23(28)27-15-14-26-13-7-11-20(26)22(27)19-10-6-12-24-16-19/h5-13,16,22H,3-4,14-15H2,1-2H3,(H,25,28)/t22-/m0/s1. The summed E-state index contributed by atoms with van der Waals surface area (Å²) in [6.07, 6.45) is 7.87. The maximum atomic E-state index is 5.94. The van der Waals surface area contributed by atoms with E-state index >= 15 is 0 Å². The first-order valence-corrected chi connectivity index (χ1v) is 10.4. The molecule has 1 N–H and O–H groups in total. The summed E-state index contributed by atoms with van der Waals surface area (Å²) in [7, 11) is 0. The van der Waals surface area contributed by atoms with Crippen molar-refractivity contribution < 1.29 is 0 Å². The summed E-state index contributed by atoms with van der Waals surface area (Å²) < 4.78 is 2.31. The van der Waals surface area contributed by atoms with Gasteiger partial charge < -0.3 is 14.8 Å². The molecular weight excluding hydrogens is 364 g/mol. The second kappa shape index (κ2) is 8.15. The van der Waals surface area contributed by atoms with Crippen molar-refractivity contribution in [2.75, 3.05) is 11.9 Å². The molecule has 0 unspecified atom stereocenters. The Morgan fingerprint density at radius 2 is 1.86 bits per heavy atom. The third kappa shape index (κ3) is 3.42. The predicted molar refractivity (Wildman–Crippen MR) is 119 cm³/mol. The van der Waals surface area contributed by atoms with E-state index in [-0.39, 0.29) is 6.04 Å². The van der Waals surface area contributed by atoms with Crippen molar-refractivity contribution >= 4 is 23.0 Å². The highest BCUT2D eigenvalue weighted by Gasteiger charge is 2.31. The van der Waals surface area contributed by atoms with E-state index in [4.69, 9.17) is 12.2 Å². The molecule has 0 amide bonds. The maximum absolute atomic E-state index is 5.94. The normalized spacial score (nSPS) is 15.9. The van der Waals surface area contributed by atoms with Gasteiger partial charge in [0.1, 0.15) is 0 Å². The highest BCUT2D eigenvalue weighted by molar-refractivity contribution is 7.80. The molecule has 28 heavy (non-hydrogen) atoms. The number of thiocarbonyl (C=S) groups is 1. The van der Waals surface area contributed by atoms with Gasteiger partial charge in [0.25, 0.3) is 0 Å². The first-order chi connectivity index (χ1) is 13.7. The molecule has 4 nitrogen and oxygen atoms in total. The lowest BCUT2D eigenvalue weighted by atomic mass is 10.0. The quantitative estimate of drug-likeness (QED) is 0.648. The molecule has 0 spiro atoms. The van der Waals surface area contributed by atoms with E-state index in [0.717, 1.165) is 36.6 Å². The third-order valence-corrected chi connectivity index (χ3v) is 5.87. The molecule has 0 bridgehead atoms. The van der Waals surface area contributed by atoms with Crippen molar-refractivity contribution in [1.29, 1.82) is 0 Å². The average Bonchev–Trinajstić information content (AvgIpc) is 3.22. The van der Waals surface area contributed by atoms with Crippen LogP contribution < -0.4 is 5.32 Å². The molecule has 0 aliphatic carbocycles. The summed E-state index contributed by atoms with van der Waals surface area (Å²) in [5, 5.41) is 4.38. The molecule has 1 aliphatic heterocycles. The van der Waals surface area contributed by atoms with Crippen molar-refractivity contribution in [3.63, 3.8) is 0 Å². The summed E-state index contributed by atoms with van der Waals surface area (Å²) in [5.41, 5.74) is 6.19. The number of nitrogens with one attached hydrogen (secondary N) is 1. The second-order valence-corrected chi connectivity index (χ2v) is 7.48. The number of fused-ring (bicyclic) bond motifs is 1. The number of benzene rings is 1. The number of aromatic nitrogens is 2. The van der Waals surface area contributed by atoms with E-state index in [0.29, 0.717) is 0 Å². The fourth-order valence-electron chi connectivity index (χ4n) is 4.07. The van der Waals surface area contributed by atoms with Crippen LogP contribution in [0.15, 0.2) is 61.1 Å². The van der Waals surface area contributed by atoms with Gasteiger partial charge in [0.15, 0.2) is 5.11 Å². The van der Waals surface area contributed by atoms with Gasteiger partial charge >= 0.3 is 0 Å². The molecule has 0 saturated carbocycles. The minimum atomic E-state index is 0.0660. The average molecular weight is 391 g/mol. The molecule has 3 aromatic rings. The smallest absolute Gasteiger partial charge is 0.174 e. The van der Waals surface area contributed by atoms with Gasteiger partial charge in [-0.3, -0.25) is 4.98 Å². The molecule has 1 aliphatic rings. The predicted octanol–water partition coefficient (Wildman–Crippen LogP) is 4.81. The molecular formula is C23H26N4S. The largest absolute Gasteiger partial charge is 0.348 e. The van der Waals surface area contributed by atoms with Crippen molar-refractivity contribution in [1.82, 2.24) is 14.5 Å². The molecule has 0 radical (unpaired) electrons. The topological polar surface area (TPSA) is 33.1 Å². The molecule has 2 aromatic heterocycles. The van der Waals surface area contributed by atoms with Crippen LogP contribution in [0.3, 0.4) is 0 Å². The van der Waals surface area contributed by atoms with Crippen LogP contribution in [0.1, 0.15) is 42.3 Å². The van der Waals surface area contributed by atoms with Crippen molar-refractivity contribution in [3.05, 3.63) is 83.4 Å². The van der Waals surface area contributed by atoms with E-state index in [1.807, 2.05) is 18.5 Å². The minimum absolute atomic E-state index is 0.0660. The lowest BCUT2D eigenvalue weighted by Gasteiger charge is -2.39. The fraction of sp³-hybridized carbons (Fsp3) is 0.304. The van der Waals surface area contributed by atoms with Crippen molar-refractivity contribution in [2.45, 2.75) is 39.3 Å². The summed E-state index contributed by atoms with van der Waals surface area (Å²) >= 11 is 5.94. The van der Waals surface area contributed by atoms with Gasteiger partial charge in [-0.1, -0.05) is 38.1 Å². The number of pyridine rings is 1. The summed E-state index contributed by atoms with van der Waals surface area (Å²) in [6, 6.07) is 15.0. The van der Waals surface area contributed by atoms with Crippen LogP contribution in [0.5, 0.6) is 0 Å². The van der Waals surface area contributed by atoms with E-state index < -0.39 is 0 Å². The van der Waals surface area contributed by atoms with E-state index in [1.165, 1.54) is 22.5 Å². The van der Waals surface area contributed by atoms with Crippen LogP contribution in [-0.2, 0) is 19.4 Å². The van der Waals surface area contributed by atoms with Crippen molar-refractivity contribution in [2.24, 2.45) is 0 Å². The summed E-state index contributed by atoms with van der Waals surface area (Å²) in [5.74, 6) is 0. The Balaban J connectivity index is 1.69. The van der Waals surface area contributed by atoms with Gasteiger partial charge in [0.05, 0.1) is 6.04 Å². The Morgan fingerprint density at radius 3 is 2.54 bits per heavy atom. The number of para-hydroxylation sites is 1.